The first-order valence-electron chi connectivity index (χ1n) is 7.07. The molecule has 8 nitrogen and oxygen atoms in total. The number of ether oxygens (including phenoxy) is 2. The van der Waals surface area contributed by atoms with Gasteiger partial charge in [0.25, 0.3) is 0 Å². The van der Waals surface area contributed by atoms with Gasteiger partial charge in [0.05, 0.1) is 18.2 Å². The predicted molar refractivity (Wildman–Crippen MR) is 73.4 cm³/mol. The standard InChI is InChI=1S/C13H20N4O4/c1-13(2)20-9-4-10(21-13)8(3-7(9)5-18)17-6-15-11(14)16-12(17)19/h6-10,18H,3-5H2,1-2H3,(H2,14,16,19)/t7-,8-,9?,10+/m1/s1. The smallest absolute Gasteiger partial charge is 0.352 e. The van der Waals surface area contributed by atoms with Crippen LogP contribution >= 0.6 is 0 Å². The van der Waals surface area contributed by atoms with E-state index in [9.17, 15) is 9.90 Å². The summed E-state index contributed by atoms with van der Waals surface area (Å²) in [7, 11) is 0. The molecule has 4 atom stereocenters. The fourth-order valence-corrected chi connectivity index (χ4v) is 3.29. The molecule has 3 rings (SSSR count). The average Bonchev–Trinajstić information content (AvgIpc) is 2.38. The first-order chi connectivity index (χ1) is 9.89. The normalized spacial score (nSPS) is 34.6. The van der Waals surface area contributed by atoms with Crippen LogP contribution in [0.15, 0.2) is 11.1 Å². The lowest BCUT2D eigenvalue weighted by Crippen LogP contribution is -2.55. The third-order valence-electron chi connectivity index (χ3n) is 4.17. The molecule has 2 bridgehead atoms. The van der Waals surface area contributed by atoms with Crippen LogP contribution in [-0.2, 0) is 9.47 Å². The van der Waals surface area contributed by atoms with Crippen molar-refractivity contribution in [1.29, 1.82) is 0 Å². The number of hydrogen-bond donors (Lipinski definition) is 2. The summed E-state index contributed by atoms with van der Waals surface area (Å²) in [5.41, 5.74) is 4.98. The lowest BCUT2D eigenvalue weighted by atomic mass is 9.80. The molecule has 1 saturated carbocycles. The average molecular weight is 296 g/mol. The zero-order valence-corrected chi connectivity index (χ0v) is 12.1. The molecule has 3 N–H and O–H groups in total. The summed E-state index contributed by atoms with van der Waals surface area (Å²) in [6, 6.07) is -0.227. The van der Waals surface area contributed by atoms with Gasteiger partial charge in [-0.05, 0) is 20.3 Å². The Bertz CT molecular complexity index is 588. The van der Waals surface area contributed by atoms with Crippen molar-refractivity contribution in [3.8, 4) is 0 Å². The van der Waals surface area contributed by atoms with E-state index in [1.54, 1.807) is 0 Å². The van der Waals surface area contributed by atoms with Crippen LogP contribution in [0.2, 0.25) is 0 Å². The molecule has 0 spiro atoms. The topological polar surface area (TPSA) is 112 Å². The van der Waals surface area contributed by atoms with Gasteiger partial charge in [0, 0.05) is 18.9 Å². The molecule has 0 radical (unpaired) electrons. The highest BCUT2D eigenvalue weighted by molar-refractivity contribution is 5.10. The van der Waals surface area contributed by atoms with Crippen molar-refractivity contribution in [3.63, 3.8) is 0 Å². The third kappa shape index (κ3) is 2.66. The minimum atomic E-state index is -0.738. The minimum absolute atomic E-state index is 0.00848. The summed E-state index contributed by atoms with van der Waals surface area (Å²) in [6.45, 7) is 3.69. The molecule has 1 aromatic rings. The van der Waals surface area contributed by atoms with E-state index in [2.05, 4.69) is 9.97 Å². The Balaban J connectivity index is 1.96. The minimum Gasteiger partial charge on any atom is -0.396 e. The van der Waals surface area contributed by atoms with Crippen LogP contribution in [-0.4, -0.2) is 44.2 Å². The van der Waals surface area contributed by atoms with Crippen molar-refractivity contribution in [2.24, 2.45) is 5.92 Å². The molecule has 1 unspecified atom stereocenters. The van der Waals surface area contributed by atoms with E-state index in [1.807, 2.05) is 13.8 Å². The fraction of sp³-hybridized carbons (Fsp3) is 0.769. The zero-order valence-electron chi connectivity index (χ0n) is 12.1. The van der Waals surface area contributed by atoms with Gasteiger partial charge >= 0.3 is 5.69 Å². The maximum atomic E-state index is 12.0. The molecule has 21 heavy (non-hydrogen) atoms. The van der Waals surface area contributed by atoms with Crippen molar-refractivity contribution in [2.45, 2.75) is 50.7 Å². The molecule has 2 aliphatic rings. The van der Waals surface area contributed by atoms with Crippen LogP contribution in [0.3, 0.4) is 0 Å². The molecule has 2 heterocycles. The highest BCUT2D eigenvalue weighted by atomic mass is 16.7. The zero-order chi connectivity index (χ0) is 15.2. The number of nitrogens with zero attached hydrogens (tertiary/aromatic N) is 3. The summed E-state index contributed by atoms with van der Waals surface area (Å²) in [4.78, 5) is 19.6. The third-order valence-corrected chi connectivity index (χ3v) is 4.17. The van der Waals surface area contributed by atoms with Gasteiger partial charge in [0.1, 0.15) is 6.33 Å². The van der Waals surface area contributed by atoms with E-state index >= 15 is 0 Å². The summed E-state index contributed by atoms with van der Waals surface area (Å²) in [6.07, 6.45) is 2.37. The summed E-state index contributed by atoms with van der Waals surface area (Å²) in [5, 5.41) is 9.59. The van der Waals surface area contributed by atoms with E-state index < -0.39 is 11.5 Å². The summed E-state index contributed by atoms with van der Waals surface area (Å²) >= 11 is 0. The van der Waals surface area contributed by atoms with E-state index in [4.69, 9.17) is 15.2 Å². The fourth-order valence-electron chi connectivity index (χ4n) is 3.29. The molecule has 8 heteroatoms. The highest BCUT2D eigenvalue weighted by Gasteiger charge is 2.47. The number of nitrogens with two attached hydrogens (primary N) is 1. The van der Waals surface area contributed by atoms with Gasteiger partial charge in [-0.25, -0.2) is 9.78 Å². The van der Waals surface area contributed by atoms with Crippen LogP contribution in [0, 0.1) is 5.92 Å². The van der Waals surface area contributed by atoms with Crippen molar-refractivity contribution >= 4 is 5.95 Å². The van der Waals surface area contributed by atoms with E-state index in [0.717, 1.165) is 0 Å². The molecule has 1 aliphatic heterocycles. The lowest BCUT2D eigenvalue weighted by Gasteiger charge is -2.50. The van der Waals surface area contributed by atoms with Gasteiger partial charge in [-0.1, -0.05) is 0 Å². The number of nitrogen functional groups attached to an aromatic ring is 1. The molecular weight excluding hydrogens is 276 g/mol. The van der Waals surface area contributed by atoms with Gasteiger partial charge in [-0.2, -0.15) is 4.98 Å². The second kappa shape index (κ2) is 5.04. The molecule has 1 saturated heterocycles. The monoisotopic (exact) mass is 296 g/mol. The van der Waals surface area contributed by atoms with Crippen LogP contribution in [0.1, 0.15) is 32.7 Å². The SMILES string of the molecule is CC1(C)OC2C[C@H](O1)[C@H](n1cnc(N)nc1=O)C[C@@H]2CO. The maximum Gasteiger partial charge on any atom is 0.352 e. The Morgan fingerprint density at radius 3 is 2.81 bits per heavy atom. The highest BCUT2D eigenvalue weighted by Crippen LogP contribution is 2.42. The van der Waals surface area contributed by atoms with Gasteiger partial charge in [0.2, 0.25) is 5.95 Å². The van der Waals surface area contributed by atoms with Crippen LogP contribution < -0.4 is 11.4 Å². The Kier molecular flexibility index (Phi) is 3.46. The largest absolute Gasteiger partial charge is 0.396 e. The van der Waals surface area contributed by atoms with Crippen molar-refractivity contribution in [2.75, 3.05) is 12.3 Å². The molecule has 2 fully saturated rings. The van der Waals surface area contributed by atoms with Gasteiger partial charge in [-0.15, -0.1) is 0 Å². The van der Waals surface area contributed by atoms with Crippen molar-refractivity contribution in [1.82, 2.24) is 14.5 Å². The molecular formula is C13H20N4O4. The molecule has 0 amide bonds. The molecule has 0 aromatic carbocycles. The lowest BCUT2D eigenvalue weighted by molar-refractivity contribution is -0.330. The quantitative estimate of drug-likeness (QED) is 0.769. The Hall–Kier alpha value is -1.51. The first kappa shape index (κ1) is 14.4. The van der Waals surface area contributed by atoms with Crippen molar-refractivity contribution in [3.05, 3.63) is 16.8 Å². The molecule has 1 aromatic heterocycles. The Morgan fingerprint density at radius 1 is 1.43 bits per heavy atom. The van der Waals surface area contributed by atoms with Gasteiger partial charge in [-0.3, -0.25) is 4.57 Å². The number of rotatable bonds is 2. The van der Waals surface area contributed by atoms with Gasteiger partial charge in [0.15, 0.2) is 5.79 Å². The molecule has 1 aliphatic carbocycles. The number of anilines is 1. The van der Waals surface area contributed by atoms with Crippen LogP contribution in [0.4, 0.5) is 5.95 Å². The molecule has 116 valence electrons. The second-order valence-electron chi connectivity index (χ2n) is 6.10. The number of aliphatic hydroxyl groups is 1. The Morgan fingerprint density at radius 2 is 2.14 bits per heavy atom. The second-order valence-corrected chi connectivity index (χ2v) is 6.10. The first-order valence-corrected chi connectivity index (χ1v) is 7.07. The predicted octanol–water partition coefficient (Wildman–Crippen LogP) is -0.316. The van der Waals surface area contributed by atoms with E-state index in [1.165, 1.54) is 10.9 Å². The van der Waals surface area contributed by atoms with E-state index in [0.29, 0.717) is 12.8 Å². The number of aliphatic hydroxyl groups excluding tert-OH is 1. The van der Waals surface area contributed by atoms with E-state index in [-0.39, 0.29) is 36.7 Å². The Labute approximate surface area is 121 Å². The van der Waals surface area contributed by atoms with Crippen LogP contribution in [0.5, 0.6) is 0 Å². The van der Waals surface area contributed by atoms with Crippen LogP contribution in [0.25, 0.3) is 0 Å². The number of fused-ring (bicyclic) bond motifs is 2. The number of hydrogen-bond acceptors (Lipinski definition) is 7. The number of aromatic nitrogens is 3. The summed E-state index contributed by atoms with van der Waals surface area (Å²) < 4.78 is 13.2. The van der Waals surface area contributed by atoms with Crippen molar-refractivity contribution < 1.29 is 14.6 Å². The summed E-state index contributed by atoms with van der Waals surface area (Å²) in [5.74, 6) is -0.825. The maximum absolute atomic E-state index is 12.0. The van der Waals surface area contributed by atoms with Gasteiger partial charge < -0.3 is 20.3 Å².